The summed E-state index contributed by atoms with van der Waals surface area (Å²) in [5.74, 6) is 1.63. The van der Waals surface area contributed by atoms with Gasteiger partial charge in [0.05, 0.1) is 12.2 Å². The normalized spacial score (nSPS) is 16.8. The number of aromatic nitrogens is 1. The van der Waals surface area contributed by atoms with Crippen molar-refractivity contribution in [3.63, 3.8) is 0 Å². The van der Waals surface area contributed by atoms with E-state index in [1.54, 1.807) is 18.5 Å². The fourth-order valence-corrected chi connectivity index (χ4v) is 3.27. The molecule has 6 heteroatoms. The van der Waals surface area contributed by atoms with Crippen LogP contribution in [0.2, 0.25) is 0 Å². The highest BCUT2D eigenvalue weighted by molar-refractivity contribution is 5.92. The molecule has 1 saturated heterocycles. The third kappa shape index (κ3) is 4.07. The molecule has 4 rings (SSSR count). The molecule has 1 amide bonds. The molecule has 1 atom stereocenters. The summed E-state index contributed by atoms with van der Waals surface area (Å²) < 4.78 is 11.7. The molecule has 1 aromatic carbocycles. The van der Waals surface area contributed by atoms with Gasteiger partial charge >= 0.3 is 0 Å². The molecule has 1 aliphatic heterocycles. The van der Waals surface area contributed by atoms with Crippen molar-refractivity contribution in [2.45, 2.75) is 13.0 Å². The quantitative estimate of drug-likeness (QED) is 0.740. The molecule has 0 aliphatic carbocycles. The van der Waals surface area contributed by atoms with Gasteiger partial charge in [0.2, 0.25) is 0 Å². The summed E-state index contributed by atoms with van der Waals surface area (Å²) >= 11 is 0. The number of ether oxygens (including phenoxy) is 1. The van der Waals surface area contributed by atoms with Crippen LogP contribution in [-0.4, -0.2) is 48.1 Å². The van der Waals surface area contributed by atoms with Gasteiger partial charge in [-0.2, -0.15) is 0 Å². The molecule has 1 N–H and O–H groups in total. The van der Waals surface area contributed by atoms with E-state index in [2.05, 4.69) is 10.3 Å². The van der Waals surface area contributed by atoms with Crippen LogP contribution in [0.5, 0.6) is 5.75 Å². The van der Waals surface area contributed by atoms with Crippen LogP contribution in [0.1, 0.15) is 16.1 Å². The molecule has 1 aliphatic rings. The van der Waals surface area contributed by atoms with Gasteiger partial charge in [0.1, 0.15) is 18.1 Å². The van der Waals surface area contributed by atoms with E-state index in [0.29, 0.717) is 37.0 Å². The maximum absolute atomic E-state index is 13.1. The highest BCUT2D eigenvalue weighted by Crippen LogP contribution is 2.24. The molecule has 0 radical (unpaired) electrons. The molecule has 1 fully saturated rings. The number of amides is 1. The Morgan fingerprint density at radius 2 is 2.11 bits per heavy atom. The molecule has 0 spiro atoms. The number of nitrogens with one attached hydrogen (secondary N) is 1. The number of furan rings is 1. The van der Waals surface area contributed by atoms with Gasteiger partial charge in [-0.1, -0.05) is 29.8 Å². The lowest BCUT2D eigenvalue weighted by Gasteiger charge is -2.35. The van der Waals surface area contributed by atoms with Crippen molar-refractivity contribution >= 4 is 5.91 Å². The number of aryl methyl sites for hydroxylation is 1. The summed E-state index contributed by atoms with van der Waals surface area (Å²) in [4.78, 5) is 18.9. The van der Waals surface area contributed by atoms with Gasteiger partial charge in [-0.3, -0.25) is 9.78 Å². The minimum absolute atomic E-state index is 0.0746. The average molecular weight is 377 g/mol. The van der Waals surface area contributed by atoms with Gasteiger partial charge in [0, 0.05) is 31.4 Å². The number of benzene rings is 1. The molecule has 6 nitrogen and oxygen atoms in total. The Kier molecular flexibility index (Phi) is 5.39. The number of pyridine rings is 1. The van der Waals surface area contributed by atoms with E-state index < -0.39 is 0 Å². The molecule has 1 unspecified atom stereocenters. The third-order valence-corrected chi connectivity index (χ3v) is 4.84. The standard InChI is InChI=1S/C22H23N3O3/c1-16-4-6-17(7-5-16)20-8-9-21(28-20)22(26)25-12-11-24-13-18(25)15-27-19-3-2-10-23-14-19/h2-10,14,18,24H,11-13,15H2,1H3. The molecule has 144 valence electrons. The number of carbonyl (C=O) groups excluding carboxylic acids is 1. The van der Waals surface area contributed by atoms with Crippen molar-refractivity contribution in [2.24, 2.45) is 0 Å². The first-order valence-electron chi connectivity index (χ1n) is 9.42. The van der Waals surface area contributed by atoms with Crippen LogP contribution in [0.4, 0.5) is 0 Å². The Balaban J connectivity index is 1.46. The predicted molar refractivity (Wildman–Crippen MR) is 106 cm³/mol. The Bertz CT molecular complexity index is 922. The zero-order valence-electron chi connectivity index (χ0n) is 15.8. The van der Waals surface area contributed by atoms with Crippen LogP contribution in [0, 0.1) is 6.92 Å². The van der Waals surface area contributed by atoms with Gasteiger partial charge in [-0.15, -0.1) is 0 Å². The van der Waals surface area contributed by atoms with Crippen molar-refractivity contribution in [1.82, 2.24) is 15.2 Å². The van der Waals surface area contributed by atoms with E-state index in [4.69, 9.17) is 9.15 Å². The van der Waals surface area contributed by atoms with E-state index in [9.17, 15) is 4.79 Å². The van der Waals surface area contributed by atoms with Gasteiger partial charge < -0.3 is 19.4 Å². The van der Waals surface area contributed by atoms with Gasteiger partial charge in [0.25, 0.3) is 5.91 Å². The molecule has 2 aromatic heterocycles. The predicted octanol–water partition coefficient (Wildman–Crippen LogP) is 3.14. The minimum Gasteiger partial charge on any atom is -0.490 e. The summed E-state index contributed by atoms with van der Waals surface area (Å²) in [5, 5.41) is 3.32. The van der Waals surface area contributed by atoms with Crippen molar-refractivity contribution in [1.29, 1.82) is 0 Å². The third-order valence-electron chi connectivity index (χ3n) is 4.84. The van der Waals surface area contributed by atoms with Crippen LogP contribution in [0.3, 0.4) is 0 Å². The molecular weight excluding hydrogens is 354 g/mol. The minimum atomic E-state index is -0.111. The Hall–Kier alpha value is -3.12. The Morgan fingerprint density at radius 3 is 2.89 bits per heavy atom. The first kappa shape index (κ1) is 18.3. The Labute approximate surface area is 164 Å². The molecule has 0 saturated carbocycles. The van der Waals surface area contributed by atoms with E-state index in [0.717, 1.165) is 12.1 Å². The lowest BCUT2D eigenvalue weighted by Crippen LogP contribution is -2.55. The maximum atomic E-state index is 13.1. The van der Waals surface area contributed by atoms with Crippen LogP contribution < -0.4 is 10.1 Å². The highest BCUT2D eigenvalue weighted by Gasteiger charge is 2.29. The van der Waals surface area contributed by atoms with Crippen molar-refractivity contribution < 1.29 is 13.9 Å². The van der Waals surface area contributed by atoms with Crippen LogP contribution in [0.15, 0.2) is 65.3 Å². The van der Waals surface area contributed by atoms with Crippen molar-refractivity contribution in [2.75, 3.05) is 26.2 Å². The summed E-state index contributed by atoms with van der Waals surface area (Å²) in [6.07, 6.45) is 3.37. The molecule has 0 bridgehead atoms. The first-order valence-corrected chi connectivity index (χ1v) is 9.42. The number of nitrogens with zero attached hydrogens (tertiary/aromatic N) is 2. The zero-order chi connectivity index (χ0) is 19.3. The van der Waals surface area contributed by atoms with E-state index >= 15 is 0 Å². The van der Waals surface area contributed by atoms with Crippen molar-refractivity contribution in [3.8, 4) is 17.1 Å². The summed E-state index contributed by atoms with van der Waals surface area (Å²) in [6, 6.07) is 15.3. The lowest BCUT2D eigenvalue weighted by molar-refractivity contribution is 0.0529. The lowest BCUT2D eigenvalue weighted by atomic mass is 10.1. The van der Waals surface area contributed by atoms with E-state index in [1.807, 2.05) is 54.3 Å². The summed E-state index contributed by atoms with van der Waals surface area (Å²) in [7, 11) is 0. The second kappa shape index (κ2) is 8.27. The van der Waals surface area contributed by atoms with Crippen molar-refractivity contribution in [3.05, 3.63) is 72.2 Å². The SMILES string of the molecule is Cc1ccc(-c2ccc(C(=O)N3CCNCC3COc3cccnc3)o2)cc1. The van der Waals surface area contributed by atoms with Crippen LogP contribution in [-0.2, 0) is 0 Å². The number of hydrogen-bond acceptors (Lipinski definition) is 5. The van der Waals surface area contributed by atoms with E-state index in [-0.39, 0.29) is 11.9 Å². The average Bonchev–Trinajstić information content (AvgIpc) is 3.23. The van der Waals surface area contributed by atoms with E-state index in [1.165, 1.54) is 5.56 Å². The molecule has 3 heterocycles. The molecule has 28 heavy (non-hydrogen) atoms. The fraction of sp³-hybridized carbons (Fsp3) is 0.273. The Morgan fingerprint density at radius 1 is 1.25 bits per heavy atom. The number of hydrogen-bond donors (Lipinski definition) is 1. The summed E-state index contributed by atoms with van der Waals surface area (Å²) in [5.41, 5.74) is 2.14. The number of carbonyl (C=O) groups is 1. The fourth-order valence-electron chi connectivity index (χ4n) is 3.27. The van der Waals surface area contributed by atoms with Crippen LogP contribution in [0.25, 0.3) is 11.3 Å². The van der Waals surface area contributed by atoms with Gasteiger partial charge in [-0.25, -0.2) is 0 Å². The molecule has 3 aromatic rings. The topological polar surface area (TPSA) is 67.6 Å². The second-order valence-corrected chi connectivity index (χ2v) is 6.89. The van der Waals surface area contributed by atoms with Gasteiger partial charge in [-0.05, 0) is 31.2 Å². The zero-order valence-corrected chi connectivity index (χ0v) is 15.8. The number of piperazine rings is 1. The maximum Gasteiger partial charge on any atom is 0.290 e. The van der Waals surface area contributed by atoms with Gasteiger partial charge in [0.15, 0.2) is 5.76 Å². The number of rotatable bonds is 5. The molecular formula is C22H23N3O3. The second-order valence-electron chi connectivity index (χ2n) is 6.89. The first-order chi connectivity index (χ1) is 13.7. The monoisotopic (exact) mass is 377 g/mol. The smallest absolute Gasteiger partial charge is 0.290 e. The highest BCUT2D eigenvalue weighted by atomic mass is 16.5. The largest absolute Gasteiger partial charge is 0.490 e. The van der Waals surface area contributed by atoms with Crippen LogP contribution >= 0.6 is 0 Å². The summed E-state index contributed by atoms with van der Waals surface area (Å²) in [6.45, 7) is 4.48.